The van der Waals surface area contributed by atoms with Crippen molar-refractivity contribution in [3.63, 3.8) is 0 Å². The Morgan fingerprint density at radius 1 is 0.439 bits per heavy atom. The Hall–Kier alpha value is -1.80. The van der Waals surface area contributed by atoms with Crippen LogP contribution >= 0.6 is 16.1 Å². The van der Waals surface area contributed by atoms with Crippen LogP contribution < -0.4 is 21.2 Å². The normalized spacial score (nSPS) is 21.6. The molecule has 0 aromatic heterocycles. The first-order valence-electron chi connectivity index (χ1n) is 14.2. The predicted octanol–water partition coefficient (Wildman–Crippen LogP) is 4.10. The average molecular weight is 670 g/mol. The number of nitrogens with zero attached hydrogens (tertiary/aromatic N) is 4. The SMILES string of the molecule is [CH3-].[Rh+3].c1ccc([PH+](c2ccccc2)N2CCN3CCN4CCN([PH+](c5ccccc5)c5ccccc5)C4[CH-]C32)cc1. The van der Waals surface area contributed by atoms with Crippen LogP contribution in [0.5, 0.6) is 0 Å². The van der Waals surface area contributed by atoms with Crippen LogP contribution in [-0.2, 0) is 19.5 Å². The first-order chi connectivity index (χ1) is 19.4. The molecule has 4 aromatic carbocycles. The van der Waals surface area contributed by atoms with Crippen molar-refractivity contribution in [2.24, 2.45) is 0 Å². The number of fused-ring (bicyclic) bond motifs is 2. The van der Waals surface area contributed by atoms with Gasteiger partial charge in [0.2, 0.25) is 0 Å². The summed E-state index contributed by atoms with van der Waals surface area (Å²) in [6.45, 7) is 6.82. The van der Waals surface area contributed by atoms with Gasteiger partial charge in [-0.05, 0) is 60.9 Å². The summed E-state index contributed by atoms with van der Waals surface area (Å²) in [5, 5.41) is 5.91. The van der Waals surface area contributed by atoms with Crippen LogP contribution in [0.25, 0.3) is 0 Å². The Balaban J connectivity index is 0.00000169. The maximum absolute atomic E-state index is 2.85. The molecule has 0 bridgehead atoms. The monoisotopic (exact) mass is 669 g/mol. The molecule has 41 heavy (non-hydrogen) atoms. The van der Waals surface area contributed by atoms with Crippen molar-refractivity contribution in [3.8, 4) is 0 Å². The maximum Gasteiger partial charge on any atom is 3.00 e. The van der Waals surface area contributed by atoms with E-state index in [9.17, 15) is 0 Å². The van der Waals surface area contributed by atoms with Crippen LogP contribution in [-0.4, -0.2) is 70.7 Å². The summed E-state index contributed by atoms with van der Waals surface area (Å²) in [4.78, 5) is 5.48. The first kappa shape index (κ1) is 30.7. The molecule has 3 aliphatic heterocycles. The van der Waals surface area contributed by atoms with Gasteiger partial charge in [-0.1, -0.05) is 72.8 Å². The second-order valence-electron chi connectivity index (χ2n) is 10.6. The van der Waals surface area contributed by atoms with E-state index < -0.39 is 16.1 Å². The fourth-order valence-electron chi connectivity index (χ4n) is 6.61. The van der Waals surface area contributed by atoms with Gasteiger partial charge in [0.1, 0.15) is 37.4 Å². The molecule has 3 aliphatic rings. The van der Waals surface area contributed by atoms with Gasteiger partial charge in [0, 0.05) is 39.3 Å². The van der Waals surface area contributed by atoms with Crippen LogP contribution in [0.4, 0.5) is 0 Å². The molecule has 0 spiro atoms. The fourth-order valence-corrected chi connectivity index (χ4v) is 12.3. The Morgan fingerprint density at radius 2 is 0.707 bits per heavy atom. The summed E-state index contributed by atoms with van der Waals surface area (Å²) < 4.78 is 5.71. The molecule has 0 aliphatic carbocycles. The molecule has 3 heterocycles. The molecule has 2 unspecified atom stereocenters. The first-order valence-corrected chi connectivity index (χ1v) is 17.1. The minimum Gasteiger partial charge on any atom is -0.358 e. The Bertz CT molecular complexity index is 1160. The van der Waals surface area contributed by atoms with Gasteiger partial charge in [-0.2, -0.15) is 9.34 Å². The van der Waals surface area contributed by atoms with E-state index in [0.29, 0.717) is 12.3 Å². The van der Waals surface area contributed by atoms with Crippen molar-refractivity contribution in [1.82, 2.24) is 19.1 Å². The average Bonchev–Trinajstić information content (AvgIpc) is 3.53. The summed E-state index contributed by atoms with van der Waals surface area (Å²) in [5.74, 6) is 0. The summed E-state index contributed by atoms with van der Waals surface area (Å²) in [6, 6.07) is 45.1. The van der Waals surface area contributed by atoms with E-state index in [4.69, 9.17) is 0 Å². The van der Waals surface area contributed by atoms with E-state index in [-0.39, 0.29) is 26.9 Å². The van der Waals surface area contributed by atoms with Gasteiger partial charge in [-0.15, -0.1) is 0 Å². The molecule has 4 nitrogen and oxygen atoms in total. The maximum atomic E-state index is 2.85. The standard InChI is InChI=1S/C33H35N4P2.CH3.Rh/c1-5-13-28(14-6-1)38(29-15-7-2-8-16-29)36-25-23-34-21-22-35-24-26-37(33(35)27-32(34)36)39(30-17-9-3-10-18-30)31-19-11-4-12-20-31;;/h1-20,27,32-33H,21-26H2;1H3;/q2*-1;+3/p+2. The van der Waals surface area contributed by atoms with Gasteiger partial charge in [-0.3, -0.25) is 6.42 Å². The van der Waals surface area contributed by atoms with Gasteiger partial charge >= 0.3 is 19.5 Å². The van der Waals surface area contributed by atoms with Crippen molar-refractivity contribution in [3.05, 3.63) is 135 Å². The van der Waals surface area contributed by atoms with E-state index in [1.54, 1.807) is 0 Å². The van der Waals surface area contributed by atoms with Crippen molar-refractivity contribution < 1.29 is 19.5 Å². The zero-order valence-corrected chi connectivity index (χ0v) is 27.3. The van der Waals surface area contributed by atoms with Crippen LogP contribution in [0.15, 0.2) is 121 Å². The minimum absolute atomic E-state index is 0. The third-order valence-electron chi connectivity index (χ3n) is 8.43. The van der Waals surface area contributed by atoms with Gasteiger partial charge in [-0.25, -0.2) is 0 Å². The summed E-state index contributed by atoms with van der Waals surface area (Å²) in [5.41, 5.74) is 0. The molecular weight excluding hydrogens is 629 g/mol. The molecule has 0 amide bonds. The van der Waals surface area contributed by atoms with E-state index in [0.717, 1.165) is 39.3 Å². The van der Waals surface area contributed by atoms with Crippen LogP contribution in [0.3, 0.4) is 0 Å². The molecule has 0 radical (unpaired) electrons. The second-order valence-corrected chi connectivity index (χ2v) is 15.5. The summed E-state index contributed by atoms with van der Waals surface area (Å²) >= 11 is 0. The second kappa shape index (κ2) is 14.1. The molecular formula is C34H40N4P2Rh+3. The predicted molar refractivity (Wildman–Crippen MR) is 176 cm³/mol. The number of hydrogen-bond donors (Lipinski definition) is 0. The van der Waals surface area contributed by atoms with Gasteiger partial charge in [0.25, 0.3) is 0 Å². The largest absolute Gasteiger partial charge is 3.00 e. The molecule has 7 heteroatoms. The molecule has 212 valence electrons. The number of hydrogen-bond acceptors (Lipinski definition) is 4. The Morgan fingerprint density at radius 3 is 1.00 bits per heavy atom. The summed E-state index contributed by atoms with van der Waals surface area (Å²) in [6.07, 6.45) is 3.41. The van der Waals surface area contributed by atoms with E-state index in [1.807, 2.05) is 0 Å². The zero-order chi connectivity index (χ0) is 26.0. The van der Waals surface area contributed by atoms with Crippen LogP contribution in [0.1, 0.15) is 0 Å². The molecule has 0 N–H and O–H groups in total. The number of benzene rings is 4. The molecule has 7 rings (SSSR count). The Kier molecular flexibility index (Phi) is 10.6. The van der Waals surface area contributed by atoms with Gasteiger partial charge in [0.05, 0.1) is 0 Å². The summed E-state index contributed by atoms with van der Waals surface area (Å²) in [7, 11) is -2.20. The third kappa shape index (κ3) is 6.29. The molecule has 2 atom stereocenters. The van der Waals surface area contributed by atoms with E-state index in [2.05, 4.69) is 147 Å². The molecule has 3 fully saturated rings. The number of rotatable bonds is 6. The van der Waals surface area contributed by atoms with E-state index in [1.165, 1.54) is 21.2 Å². The fraction of sp³-hybridized carbons (Fsp3) is 0.235. The molecule has 4 aromatic rings. The Labute approximate surface area is 261 Å². The van der Waals surface area contributed by atoms with Crippen molar-refractivity contribution in [2.75, 3.05) is 39.3 Å². The zero-order valence-electron chi connectivity index (χ0n) is 23.6. The third-order valence-corrected chi connectivity index (χ3v) is 14.1. The van der Waals surface area contributed by atoms with Crippen molar-refractivity contribution in [2.45, 2.75) is 12.3 Å². The topological polar surface area (TPSA) is 13.0 Å². The smallest absolute Gasteiger partial charge is 0.358 e. The van der Waals surface area contributed by atoms with Crippen LogP contribution in [0.2, 0.25) is 0 Å². The van der Waals surface area contributed by atoms with E-state index >= 15 is 0 Å². The quantitative estimate of drug-likeness (QED) is 0.174. The van der Waals surface area contributed by atoms with Crippen molar-refractivity contribution >= 4 is 37.4 Å². The molecule has 3 saturated heterocycles. The van der Waals surface area contributed by atoms with Crippen LogP contribution in [0, 0.1) is 13.8 Å². The minimum atomic E-state index is -1.10. The van der Waals surface area contributed by atoms with Gasteiger partial charge < -0.3 is 17.2 Å². The molecule has 0 saturated carbocycles. The van der Waals surface area contributed by atoms with Gasteiger partial charge in [0.15, 0.2) is 0 Å². The van der Waals surface area contributed by atoms with Crippen molar-refractivity contribution in [1.29, 1.82) is 0 Å².